The Morgan fingerprint density at radius 3 is 2.48 bits per heavy atom. The van der Waals surface area contributed by atoms with Crippen molar-refractivity contribution in [2.75, 3.05) is 33.2 Å². The van der Waals surface area contributed by atoms with E-state index in [4.69, 9.17) is 14.2 Å². The summed E-state index contributed by atoms with van der Waals surface area (Å²) < 4.78 is 18.9. The average molecular weight is 817 g/mol. The zero-order valence-corrected chi connectivity index (χ0v) is 33.7. The number of piperidine rings is 1. The van der Waals surface area contributed by atoms with Crippen molar-refractivity contribution in [3.05, 3.63) is 36.0 Å². The van der Waals surface area contributed by atoms with Gasteiger partial charge in [0.2, 0.25) is 0 Å². The largest absolute Gasteiger partial charge is 1.00 e. The lowest BCUT2D eigenvalue weighted by Gasteiger charge is -2.43. The molecular formula is C39H65IN2O8. The van der Waals surface area contributed by atoms with E-state index in [2.05, 4.69) is 20.0 Å². The predicted molar refractivity (Wildman–Crippen MR) is 189 cm³/mol. The van der Waals surface area contributed by atoms with Crippen LogP contribution in [0.4, 0.5) is 4.79 Å². The van der Waals surface area contributed by atoms with Crippen LogP contribution >= 0.6 is 0 Å². The standard InChI is InChI=1S/C39H65N2O8.HI/c1-8-32(43)29(5)37-33(47-37)24-26(2)12-11-13-27(3)36-28(4)14-15-34(39(6,46)19-16-31(42)25-35(44)49-36)48-38(45)40-20-17-30(18-21-40)41(7)22-9-10-23-41;/h11-15,26,28-34,36-37,42-43,46H,8-10,16-25H2,1-7H3;1H/q+1;/p-1/b12-11+,15-14+,27-13+;/t26-,28+,29-,31-,32+,33-,34+,36-,37-,39-;/m1./s1. The number of allylic oxidation sites excluding steroid dienone is 3. The molecule has 0 saturated carbocycles. The van der Waals surface area contributed by atoms with Gasteiger partial charge in [-0.15, -0.1) is 0 Å². The van der Waals surface area contributed by atoms with Gasteiger partial charge in [-0.2, -0.15) is 0 Å². The number of esters is 1. The molecule has 0 radical (unpaired) electrons. The number of carbonyl (C=O) groups is 2. The number of rotatable bonds is 10. The molecule has 0 bridgehead atoms. The van der Waals surface area contributed by atoms with E-state index in [1.807, 2.05) is 45.9 Å². The van der Waals surface area contributed by atoms with Crippen LogP contribution in [0.25, 0.3) is 0 Å². The van der Waals surface area contributed by atoms with Crippen LogP contribution in [0.3, 0.4) is 0 Å². The molecule has 286 valence electrons. The van der Waals surface area contributed by atoms with Crippen molar-refractivity contribution < 1.29 is 67.6 Å². The summed E-state index contributed by atoms with van der Waals surface area (Å²) in [6.07, 6.45) is 12.6. The lowest BCUT2D eigenvalue weighted by molar-refractivity contribution is -0.923. The quantitative estimate of drug-likeness (QED) is 0.0767. The SMILES string of the molecule is CC[C@H](O)[C@@H](C)[C@H]1O[C@@H]1C[C@H](C)/C=C/C=C(\C)[C@H]1OC(=O)C[C@H](O)CC[C@@](C)(O)[C@@H](OC(=O)N2CCC([N+]3(C)CCCC3)CC2)/C=C/[C@@H]1C.[I-]. The van der Waals surface area contributed by atoms with Gasteiger partial charge >= 0.3 is 12.1 Å². The zero-order valence-electron chi connectivity index (χ0n) is 31.5. The fourth-order valence-electron chi connectivity index (χ4n) is 8.06. The van der Waals surface area contributed by atoms with Gasteiger partial charge < -0.3 is 62.9 Å². The number of quaternary nitrogens is 1. The number of hydrogen-bond donors (Lipinski definition) is 3. The molecule has 10 nitrogen and oxygen atoms in total. The maximum Gasteiger partial charge on any atom is 0.410 e. The number of carbonyl (C=O) groups excluding carboxylic acids is 2. The van der Waals surface area contributed by atoms with Gasteiger partial charge in [-0.05, 0) is 57.1 Å². The van der Waals surface area contributed by atoms with Gasteiger partial charge in [0.15, 0.2) is 6.10 Å². The number of ether oxygens (including phenoxy) is 3. The minimum atomic E-state index is -1.45. The van der Waals surface area contributed by atoms with Crippen LogP contribution in [0.1, 0.15) is 99.3 Å². The number of likely N-dealkylation sites (tertiary alicyclic amines) is 2. The highest BCUT2D eigenvalue weighted by Gasteiger charge is 2.45. The number of aliphatic hydroxyl groups is 3. The minimum absolute atomic E-state index is 0. The highest BCUT2D eigenvalue weighted by atomic mass is 127. The predicted octanol–water partition coefficient (Wildman–Crippen LogP) is 2.30. The molecule has 11 heteroatoms. The van der Waals surface area contributed by atoms with Crippen LogP contribution in [0, 0.1) is 17.8 Å². The molecule has 3 fully saturated rings. The highest BCUT2D eigenvalue weighted by Crippen LogP contribution is 2.36. The molecule has 3 saturated heterocycles. The van der Waals surface area contributed by atoms with Crippen LogP contribution in [0.5, 0.6) is 0 Å². The normalized spacial score (nSPS) is 35.2. The fourth-order valence-corrected chi connectivity index (χ4v) is 8.06. The Labute approximate surface area is 317 Å². The molecule has 10 atom stereocenters. The summed E-state index contributed by atoms with van der Waals surface area (Å²) in [5.41, 5.74) is -0.614. The second kappa shape index (κ2) is 19.0. The van der Waals surface area contributed by atoms with Crippen LogP contribution in [0.15, 0.2) is 36.0 Å². The second-order valence-corrected chi connectivity index (χ2v) is 16.0. The van der Waals surface area contributed by atoms with Crippen molar-refractivity contribution in [3.63, 3.8) is 0 Å². The van der Waals surface area contributed by atoms with Crippen molar-refractivity contribution in [3.8, 4) is 0 Å². The third-order valence-corrected chi connectivity index (χ3v) is 11.8. The van der Waals surface area contributed by atoms with Gasteiger partial charge in [-0.25, -0.2) is 4.79 Å². The zero-order chi connectivity index (χ0) is 35.9. The number of epoxide rings is 1. The Bertz CT molecular complexity index is 1190. The molecule has 4 heterocycles. The maximum atomic E-state index is 13.4. The third kappa shape index (κ3) is 11.7. The summed E-state index contributed by atoms with van der Waals surface area (Å²) in [5.74, 6) is -0.428. The van der Waals surface area contributed by atoms with E-state index in [0.29, 0.717) is 19.1 Å². The monoisotopic (exact) mass is 816 g/mol. The molecule has 0 aliphatic carbocycles. The Hall–Kier alpha value is -1.51. The second-order valence-electron chi connectivity index (χ2n) is 16.0. The smallest absolute Gasteiger partial charge is 0.410 e. The molecule has 0 unspecified atom stereocenters. The Kier molecular flexibility index (Phi) is 16.3. The van der Waals surface area contributed by atoms with Crippen molar-refractivity contribution in [1.29, 1.82) is 0 Å². The van der Waals surface area contributed by atoms with Crippen LogP contribution < -0.4 is 24.0 Å². The topological polar surface area (TPSA) is 129 Å². The van der Waals surface area contributed by atoms with E-state index < -0.39 is 36.0 Å². The molecule has 0 aromatic carbocycles. The molecule has 0 aromatic rings. The number of cyclic esters (lactones) is 1. The summed E-state index contributed by atoms with van der Waals surface area (Å²) in [6.45, 7) is 15.3. The summed E-state index contributed by atoms with van der Waals surface area (Å²) in [7, 11) is 2.34. The average Bonchev–Trinajstić information content (AvgIpc) is 3.68. The first-order valence-electron chi connectivity index (χ1n) is 18.9. The summed E-state index contributed by atoms with van der Waals surface area (Å²) >= 11 is 0. The number of aliphatic hydroxyl groups excluding tert-OH is 2. The van der Waals surface area contributed by atoms with Gasteiger partial charge in [0, 0.05) is 50.6 Å². The summed E-state index contributed by atoms with van der Waals surface area (Å²) in [4.78, 5) is 28.1. The van der Waals surface area contributed by atoms with E-state index in [1.165, 1.54) is 25.9 Å². The molecule has 0 aromatic heterocycles. The van der Waals surface area contributed by atoms with Crippen LogP contribution in [0.2, 0.25) is 0 Å². The van der Waals surface area contributed by atoms with Gasteiger partial charge in [0.25, 0.3) is 0 Å². The minimum Gasteiger partial charge on any atom is -1.00 e. The van der Waals surface area contributed by atoms with E-state index in [0.717, 1.165) is 35.7 Å². The molecular weight excluding hydrogens is 751 g/mol. The van der Waals surface area contributed by atoms with Gasteiger partial charge in [0.1, 0.15) is 11.7 Å². The molecule has 4 rings (SSSR count). The molecule has 4 aliphatic rings. The first-order chi connectivity index (χ1) is 23.1. The van der Waals surface area contributed by atoms with Crippen molar-refractivity contribution in [2.45, 2.75) is 148 Å². The molecule has 50 heavy (non-hydrogen) atoms. The lowest BCUT2D eigenvalue weighted by atomic mass is 9.88. The maximum absolute atomic E-state index is 13.4. The van der Waals surface area contributed by atoms with Crippen LogP contribution in [-0.4, -0.2) is 118 Å². The van der Waals surface area contributed by atoms with E-state index in [-0.39, 0.29) is 79.3 Å². The number of amides is 1. The highest BCUT2D eigenvalue weighted by molar-refractivity contribution is 5.70. The Morgan fingerprint density at radius 2 is 1.84 bits per heavy atom. The van der Waals surface area contributed by atoms with E-state index in [9.17, 15) is 24.9 Å². The van der Waals surface area contributed by atoms with Gasteiger partial charge in [-0.3, -0.25) is 4.79 Å². The molecule has 4 aliphatic heterocycles. The first kappa shape index (κ1) is 42.9. The Morgan fingerprint density at radius 1 is 1.18 bits per heavy atom. The van der Waals surface area contributed by atoms with Gasteiger partial charge in [0.05, 0.1) is 57.0 Å². The lowest BCUT2D eigenvalue weighted by Crippen LogP contribution is -3.00. The van der Waals surface area contributed by atoms with Crippen molar-refractivity contribution in [1.82, 2.24) is 4.90 Å². The third-order valence-electron chi connectivity index (χ3n) is 11.8. The first-order valence-corrected chi connectivity index (χ1v) is 18.9. The Balaban J connectivity index is 0.00000676. The van der Waals surface area contributed by atoms with E-state index in [1.54, 1.807) is 17.9 Å². The van der Waals surface area contributed by atoms with Gasteiger partial charge in [-0.1, -0.05) is 52.0 Å². The molecule has 3 N–H and O–H groups in total. The number of nitrogens with zero attached hydrogens (tertiary/aromatic N) is 2. The van der Waals surface area contributed by atoms with Crippen LogP contribution in [-0.2, 0) is 19.0 Å². The van der Waals surface area contributed by atoms with Crippen molar-refractivity contribution >= 4 is 12.1 Å². The van der Waals surface area contributed by atoms with Crippen molar-refractivity contribution in [2.24, 2.45) is 17.8 Å². The number of hydrogen-bond acceptors (Lipinski definition) is 8. The fraction of sp³-hybridized carbons (Fsp3) is 0.795. The van der Waals surface area contributed by atoms with E-state index >= 15 is 0 Å². The molecule has 1 amide bonds. The summed E-state index contributed by atoms with van der Waals surface area (Å²) in [5, 5.41) is 32.4. The molecule has 0 spiro atoms. The number of halogens is 1. The summed E-state index contributed by atoms with van der Waals surface area (Å²) in [6, 6.07) is 0.557.